The molecule has 5 nitrogen and oxygen atoms in total. The molecule has 0 aliphatic carbocycles. The molecule has 1 aliphatic heterocycles. The molecule has 0 saturated carbocycles. The van der Waals surface area contributed by atoms with Crippen molar-refractivity contribution in [2.75, 3.05) is 19.6 Å². The number of piperidine rings is 1. The number of likely N-dealkylation sites (tertiary alicyclic amines) is 1. The Morgan fingerprint density at radius 3 is 2.43 bits per heavy atom. The number of rotatable bonds is 5. The fraction of sp³-hybridized carbons (Fsp3) is 0.304. The van der Waals surface area contributed by atoms with Gasteiger partial charge in [-0.05, 0) is 61.6 Å². The molecule has 2 amide bonds. The summed E-state index contributed by atoms with van der Waals surface area (Å²) in [5.74, 6) is -0.0530. The number of nitrogens with zero attached hydrogens (tertiary/aromatic N) is 1. The summed E-state index contributed by atoms with van der Waals surface area (Å²) in [6.07, 6.45) is 6.10. The summed E-state index contributed by atoms with van der Waals surface area (Å²) in [4.78, 5) is 30.1. The first-order valence-corrected chi connectivity index (χ1v) is 9.95. The van der Waals surface area contributed by atoms with Crippen molar-refractivity contribution < 1.29 is 9.59 Å². The molecule has 5 heteroatoms. The number of H-pyrrole nitrogens is 1. The van der Waals surface area contributed by atoms with Crippen LogP contribution in [-0.2, 0) is 6.42 Å². The van der Waals surface area contributed by atoms with Gasteiger partial charge in [0.2, 0.25) is 0 Å². The van der Waals surface area contributed by atoms with Crippen molar-refractivity contribution in [2.45, 2.75) is 25.7 Å². The maximum absolute atomic E-state index is 12.5. The number of hydrogen-bond acceptors (Lipinski definition) is 2. The topological polar surface area (TPSA) is 65.2 Å². The van der Waals surface area contributed by atoms with E-state index in [9.17, 15) is 9.59 Å². The molecule has 0 bridgehead atoms. The van der Waals surface area contributed by atoms with Gasteiger partial charge in [-0.15, -0.1) is 0 Å². The van der Waals surface area contributed by atoms with Gasteiger partial charge in [0.25, 0.3) is 11.8 Å². The number of benzene rings is 2. The molecular weight excluding hydrogens is 350 g/mol. The van der Waals surface area contributed by atoms with Crippen molar-refractivity contribution in [3.05, 3.63) is 71.4 Å². The summed E-state index contributed by atoms with van der Waals surface area (Å²) in [6.45, 7) is 2.22. The average Bonchev–Trinajstić information content (AvgIpc) is 3.17. The van der Waals surface area contributed by atoms with Gasteiger partial charge in [-0.1, -0.05) is 18.2 Å². The Kier molecular flexibility index (Phi) is 5.42. The molecule has 0 spiro atoms. The van der Waals surface area contributed by atoms with Crippen LogP contribution < -0.4 is 5.32 Å². The normalized spacial score (nSPS) is 14.2. The molecule has 28 heavy (non-hydrogen) atoms. The van der Waals surface area contributed by atoms with Gasteiger partial charge >= 0.3 is 0 Å². The molecular formula is C23H25N3O2. The predicted molar refractivity (Wildman–Crippen MR) is 111 cm³/mol. The highest BCUT2D eigenvalue weighted by Gasteiger charge is 2.18. The van der Waals surface area contributed by atoms with Gasteiger partial charge in [-0.25, -0.2) is 0 Å². The third-order valence-electron chi connectivity index (χ3n) is 5.39. The van der Waals surface area contributed by atoms with E-state index in [2.05, 4.69) is 16.4 Å². The van der Waals surface area contributed by atoms with Crippen molar-refractivity contribution in [2.24, 2.45) is 0 Å². The predicted octanol–water partition coefficient (Wildman–Crippen LogP) is 3.77. The average molecular weight is 375 g/mol. The molecule has 4 rings (SSSR count). The van der Waals surface area contributed by atoms with Crippen LogP contribution in [0.5, 0.6) is 0 Å². The van der Waals surface area contributed by atoms with Crippen LogP contribution in [0, 0.1) is 0 Å². The highest BCUT2D eigenvalue weighted by atomic mass is 16.2. The minimum absolute atomic E-state index is 0.0611. The lowest BCUT2D eigenvalue weighted by Gasteiger charge is -2.26. The molecule has 2 N–H and O–H groups in total. The van der Waals surface area contributed by atoms with Gasteiger partial charge in [-0.2, -0.15) is 0 Å². The van der Waals surface area contributed by atoms with Crippen LogP contribution >= 0.6 is 0 Å². The van der Waals surface area contributed by atoms with E-state index in [-0.39, 0.29) is 11.8 Å². The number of carbonyl (C=O) groups excluding carboxylic acids is 2. The van der Waals surface area contributed by atoms with Crippen molar-refractivity contribution in [1.82, 2.24) is 15.2 Å². The lowest BCUT2D eigenvalue weighted by Crippen LogP contribution is -2.35. The molecule has 0 radical (unpaired) electrons. The number of nitrogens with one attached hydrogen (secondary N) is 2. The zero-order chi connectivity index (χ0) is 19.3. The van der Waals surface area contributed by atoms with E-state index in [1.54, 1.807) is 24.3 Å². The third-order valence-corrected chi connectivity index (χ3v) is 5.39. The Morgan fingerprint density at radius 2 is 1.64 bits per heavy atom. The molecule has 0 unspecified atom stereocenters. The molecule has 2 aromatic carbocycles. The smallest absolute Gasteiger partial charge is 0.253 e. The molecule has 1 saturated heterocycles. The van der Waals surface area contributed by atoms with Crippen LogP contribution in [0.3, 0.4) is 0 Å². The Morgan fingerprint density at radius 1 is 0.929 bits per heavy atom. The van der Waals surface area contributed by atoms with E-state index in [4.69, 9.17) is 0 Å². The quantitative estimate of drug-likeness (QED) is 0.713. The molecule has 2 heterocycles. The maximum Gasteiger partial charge on any atom is 0.253 e. The monoisotopic (exact) mass is 375 g/mol. The highest BCUT2D eigenvalue weighted by Crippen LogP contribution is 2.18. The fourth-order valence-corrected chi connectivity index (χ4v) is 3.79. The first-order valence-electron chi connectivity index (χ1n) is 9.95. The molecule has 1 fully saturated rings. The maximum atomic E-state index is 12.5. The Labute approximate surface area is 164 Å². The Balaban J connectivity index is 1.32. The standard InChI is InChI=1S/C23H25N3O2/c27-22(24-13-12-19-16-25-21-7-3-2-6-20(19)21)17-8-10-18(11-9-17)23(28)26-14-4-1-5-15-26/h2-3,6-11,16,25H,1,4-5,12-15H2,(H,24,27). The number of aromatic nitrogens is 1. The van der Waals surface area contributed by atoms with Crippen molar-refractivity contribution in [3.63, 3.8) is 0 Å². The van der Waals surface area contributed by atoms with Crippen molar-refractivity contribution >= 4 is 22.7 Å². The number of carbonyl (C=O) groups is 2. The largest absolute Gasteiger partial charge is 0.361 e. The van der Waals surface area contributed by atoms with E-state index in [1.165, 1.54) is 17.4 Å². The van der Waals surface area contributed by atoms with Gasteiger partial charge in [0.1, 0.15) is 0 Å². The van der Waals surface area contributed by atoms with E-state index >= 15 is 0 Å². The minimum Gasteiger partial charge on any atom is -0.361 e. The van der Waals surface area contributed by atoms with Crippen molar-refractivity contribution in [3.8, 4) is 0 Å². The van der Waals surface area contributed by atoms with E-state index in [0.29, 0.717) is 17.7 Å². The zero-order valence-corrected chi connectivity index (χ0v) is 15.9. The first kappa shape index (κ1) is 18.3. The van der Waals surface area contributed by atoms with Crippen LogP contribution in [0.25, 0.3) is 10.9 Å². The van der Waals surface area contributed by atoms with Crippen LogP contribution in [0.4, 0.5) is 0 Å². The van der Waals surface area contributed by atoms with E-state index < -0.39 is 0 Å². The summed E-state index contributed by atoms with van der Waals surface area (Å²) >= 11 is 0. The molecule has 144 valence electrons. The van der Waals surface area contributed by atoms with Gasteiger partial charge in [0.15, 0.2) is 0 Å². The molecule has 1 aromatic heterocycles. The second-order valence-electron chi connectivity index (χ2n) is 7.30. The summed E-state index contributed by atoms with van der Waals surface area (Å²) < 4.78 is 0. The zero-order valence-electron chi connectivity index (χ0n) is 15.9. The van der Waals surface area contributed by atoms with Crippen LogP contribution in [-0.4, -0.2) is 41.3 Å². The molecule has 1 aliphatic rings. The van der Waals surface area contributed by atoms with Gasteiger partial charge in [0.05, 0.1) is 0 Å². The lowest BCUT2D eigenvalue weighted by molar-refractivity contribution is 0.0723. The number of para-hydroxylation sites is 1. The van der Waals surface area contributed by atoms with Gasteiger partial charge in [0, 0.05) is 47.9 Å². The molecule has 0 atom stereocenters. The third kappa shape index (κ3) is 3.93. The van der Waals surface area contributed by atoms with Gasteiger partial charge in [-0.3, -0.25) is 9.59 Å². The Hall–Kier alpha value is -3.08. The summed E-state index contributed by atoms with van der Waals surface area (Å²) in [5, 5.41) is 4.16. The molecule has 3 aromatic rings. The second-order valence-corrected chi connectivity index (χ2v) is 7.30. The van der Waals surface area contributed by atoms with E-state index in [0.717, 1.165) is 37.9 Å². The van der Waals surface area contributed by atoms with Crippen LogP contribution in [0.15, 0.2) is 54.7 Å². The van der Waals surface area contributed by atoms with E-state index in [1.807, 2.05) is 29.3 Å². The second kappa shape index (κ2) is 8.30. The Bertz CT molecular complexity index is 969. The number of aromatic amines is 1. The summed E-state index contributed by atoms with van der Waals surface area (Å²) in [5.41, 5.74) is 3.53. The van der Waals surface area contributed by atoms with Gasteiger partial charge < -0.3 is 15.2 Å². The first-order chi connectivity index (χ1) is 13.7. The summed E-state index contributed by atoms with van der Waals surface area (Å²) in [6, 6.07) is 15.1. The number of fused-ring (bicyclic) bond motifs is 1. The number of amides is 2. The van der Waals surface area contributed by atoms with Crippen LogP contribution in [0.2, 0.25) is 0 Å². The lowest BCUT2D eigenvalue weighted by atomic mass is 10.1. The number of hydrogen-bond donors (Lipinski definition) is 2. The highest BCUT2D eigenvalue weighted by molar-refractivity contribution is 5.97. The minimum atomic E-state index is -0.114. The SMILES string of the molecule is O=C(NCCc1c[nH]c2ccccc12)c1ccc(C(=O)N2CCCCC2)cc1. The van der Waals surface area contributed by atoms with Crippen molar-refractivity contribution in [1.29, 1.82) is 0 Å². The summed E-state index contributed by atoms with van der Waals surface area (Å²) in [7, 11) is 0. The fourth-order valence-electron chi connectivity index (χ4n) is 3.79. The van der Waals surface area contributed by atoms with Crippen LogP contribution in [0.1, 0.15) is 45.5 Å².